The van der Waals surface area contributed by atoms with E-state index in [0.29, 0.717) is 0 Å². The maximum absolute atomic E-state index is 9.75. The number of hydrogen-bond donors (Lipinski definition) is 0. The van der Waals surface area contributed by atoms with E-state index in [2.05, 4.69) is 105 Å². The van der Waals surface area contributed by atoms with E-state index in [-0.39, 0.29) is 52.4 Å². The molecule has 4 atom stereocenters. The van der Waals surface area contributed by atoms with Gasteiger partial charge in [-0.05, 0) is 151 Å². The van der Waals surface area contributed by atoms with Crippen LogP contribution in [0.5, 0.6) is 0 Å². The smallest absolute Gasteiger partial charge is 0.418 e. The van der Waals surface area contributed by atoms with Gasteiger partial charge >= 0.3 is 24.3 Å². The Hall–Kier alpha value is 1.79. The normalized spacial score (nSPS) is 30.8. The summed E-state index contributed by atoms with van der Waals surface area (Å²) in [7, 11) is -5.65. The number of halogens is 4. The van der Waals surface area contributed by atoms with Gasteiger partial charge in [0.25, 0.3) is 0 Å². The molecule has 0 N–H and O–H groups in total. The van der Waals surface area contributed by atoms with Crippen LogP contribution in [0.1, 0.15) is 79.1 Å². The predicted octanol–water partition coefficient (Wildman–Crippen LogP) is 10.5. The minimum atomic E-state index is -6.00. The maximum Gasteiger partial charge on any atom is 2.00 e. The third kappa shape index (κ3) is 17.0. The summed E-state index contributed by atoms with van der Waals surface area (Å²) in [6.07, 6.45) is 37.7. The molecular formula is C30H44BF4FeP2Rh+. The Labute approximate surface area is 265 Å². The van der Waals surface area contributed by atoms with Gasteiger partial charge in [-0.25, -0.2) is 0 Å². The number of rotatable bonds is 2. The molecule has 0 unspecified atom stereocenters. The van der Waals surface area contributed by atoms with Crippen LogP contribution in [0.2, 0.25) is 0 Å². The van der Waals surface area contributed by atoms with Gasteiger partial charge < -0.3 is 17.3 Å². The zero-order valence-corrected chi connectivity index (χ0v) is 28.1. The van der Waals surface area contributed by atoms with Gasteiger partial charge in [0, 0.05) is 30.8 Å². The summed E-state index contributed by atoms with van der Waals surface area (Å²) >= 11 is 0. The molecule has 0 spiro atoms. The quantitative estimate of drug-likeness (QED) is 0.152. The molecule has 0 amide bonds. The Bertz CT molecular complexity index is 506. The monoisotopic (exact) mass is 712 g/mol. The van der Waals surface area contributed by atoms with Crippen molar-refractivity contribution < 1.29 is 53.8 Å². The van der Waals surface area contributed by atoms with Crippen molar-refractivity contribution in [1.29, 1.82) is 0 Å². The molecule has 2 heterocycles. The van der Waals surface area contributed by atoms with Crippen LogP contribution in [0, 0.1) is 88.4 Å². The summed E-state index contributed by atoms with van der Waals surface area (Å²) < 4.78 is 39.0. The molecule has 221 valence electrons. The Morgan fingerprint density at radius 3 is 0.949 bits per heavy atom. The van der Waals surface area contributed by atoms with Crippen molar-refractivity contribution in [3.05, 3.63) is 88.4 Å². The largest absolute Gasteiger partial charge is 2.00 e. The first kappa shape index (κ1) is 40.8. The molecule has 5 aliphatic rings. The summed E-state index contributed by atoms with van der Waals surface area (Å²) in [5.41, 5.74) is 7.08. The van der Waals surface area contributed by atoms with Crippen molar-refractivity contribution in [3.63, 3.8) is 0 Å². The average molecular weight is 712 g/mol. The van der Waals surface area contributed by atoms with Gasteiger partial charge in [-0.2, -0.15) is 0 Å². The van der Waals surface area contributed by atoms with Crippen molar-refractivity contribution >= 4 is 23.1 Å². The average Bonchev–Trinajstić information content (AvgIpc) is 3.58. The standard InChI is InChI=1S/2C11H16P.C8H12.BF4.Fe.Rh/c2*1-9-7-8-10(2)12(9)11-5-3-4-6-11;1-2-4-6-8-7-5-3-1;2-1(3,4)5;;/h2*3-6,9-10H,7-8H2,1-2H3;1-2,7-8H,3-6H2;;;/q;;;-1;+2;/t2*9-,10-;;;;/m11..../s1. The molecule has 0 aromatic carbocycles. The SMILES string of the molecule is C[C@@H]1CC[C@@H](C)P1[C]1[CH][CH][CH][CH]1.C[C@@H]1CC[C@@H](C)P1[C]1[CH][CH][CH][CH]1.F[B-](F)(F)F.[CH]1[CH]CC[CH][CH]CC1.[Fe+2].[Rh]. The van der Waals surface area contributed by atoms with Crippen LogP contribution in [-0.2, 0) is 36.5 Å². The molecule has 39 heavy (non-hydrogen) atoms. The second-order valence-electron chi connectivity index (χ2n) is 10.2. The molecule has 3 aliphatic carbocycles. The van der Waals surface area contributed by atoms with Crippen molar-refractivity contribution in [2.45, 2.75) is 102 Å². The third-order valence-corrected chi connectivity index (χ3v) is 13.7. The van der Waals surface area contributed by atoms with E-state index in [9.17, 15) is 17.3 Å². The van der Waals surface area contributed by atoms with Gasteiger partial charge in [-0.1, -0.05) is 43.5 Å². The van der Waals surface area contributed by atoms with Crippen molar-refractivity contribution in [2.75, 3.05) is 0 Å². The summed E-state index contributed by atoms with van der Waals surface area (Å²) in [5, 5.41) is 0. The first-order valence-electron chi connectivity index (χ1n) is 13.7. The van der Waals surface area contributed by atoms with Crippen LogP contribution in [-0.4, -0.2) is 29.9 Å². The summed E-state index contributed by atoms with van der Waals surface area (Å²) in [6, 6.07) is 0. The van der Waals surface area contributed by atoms with Crippen molar-refractivity contribution in [2.24, 2.45) is 0 Å². The fourth-order valence-corrected chi connectivity index (χ4v) is 11.9. The van der Waals surface area contributed by atoms with Gasteiger partial charge in [0.15, 0.2) is 0 Å². The number of hydrogen-bond acceptors (Lipinski definition) is 0. The van der Waals surface area contributed by atoms with E-state index in [0.717, 1.165) is 22.6 Å². The van der Waals surface area contributed by atoms with Crippen LogP contribution in [0.4, 0.5) is 17.3 Å². The molecule has 0 nitrogen and oxygen atoms in total. The topological polar surface area (TPSA) is 0 Å². The fourth-order valence-electron chi connectivity index (χ4n) is 5.34. The van der Waals surface area contributed by atoms with E-state index in [1.54, 1.807) is 11.3 Å². The van der Waals surface area contributed by atoms with E-state index in [1.807, 2.05) is 0 Å². The van der Waals surface area contributed by atoms with Gasteiger partial charge in [0.1, 0.15) is 0 Å². The van der Waals surface area contributed by atoms with E-state index in [4.69, 9.17) is 0 Å². The summed E-state index contributed by atoms with van der Waals surface area (Å²) in [6.45, 7) is 9.68. The Balaban J connectivity index is 0.000000509. The van der Waals surface area contributed by atoms with Crippen LogP contribution in [0.3, 0.4) is 0 Å². The zero-order chi connectivity index (χ0) is 27.3. The molecule has 15 radical (unpaired) electrons. The van der Waals surface area contributed by atoms with Gasteiger partial charge in [-0.3, -0.25) is 0 Å². The second-order valence-corrected chi connectivity index (χ2v) is 16.4. The third-order valence-electron chi connectivity index (χ3n) is 7.12. The predicted molar refractivity (Wildman–Crippen MR) is 157 cm³/mol. The molecule has 0 aromatic rings. The summed E-state index contributed by atoms with van der Waals surface area (Å²) in [4.78, 5) is 0. The van der Waals surface area contributed by atoms with Crippen LogP contribution in [0.15, 0.2) is 0 Å². The minimum Gasteiger partial charge on any atom is -0.418 e. The van der Waals surface area contributed by atoms with Gasteiger partial charge in [0.2, 0.25) is 0 Å². The van der Waals surface area contributed by atoms with Gasteiger partial charge in [-0.15, -0.1) is 0 Å². The zero-order valence-electron chi connectivity index (χ0n) is 23.6. The molecule has 3 saturated carbocycles. The molecule has 2 saturated heterocycles. The molecule has 0 aromatic heterocycles. The first-order valence-corrected chi connectivity index (χ1v) is 16.7. The van der Waals surface area contributed by atoms with E-state index < -0.39 is 7.25 Å². The van der Waals surface area contributed by atoms with Crippen LogP contribution >= 0.6 is 15.8 Å². The van der Waals surface area contributed by atoms with E-state index in [1.165, 1.54) is 51.4 Å². The van der Waals surface area contributed by atoms with Crippen LogP contribution < -0.4 is 0 Å². The first-order chi connectivity index (χ1) is 17.6. The molecule has 0 bridgehead atoms. The molecular weight excluding hydrogens is 668 g/mol. The van der Waals surface area contributed by atoms with Gasteiger partial charge in [0.05, 0.1) is 0 Å². The van der Waals surface area contributed by atoms with Crippen molar-refractivity contribution in [1.82, 2.24) is 0 Å². The Kier molecular flexibility index (Phi) is 23.3. The summed E-state index contributed by atoms with van der Waals surface area (Å²) in [5.74, 6) is 0. The second kappa shape index (κ2) is 22.3. The van der Waals surface area contributed by atoms with Crippen LogP contribution in [0.25, 0.3) is 0 Å². The molecule has 5 rings (SSSR count). The molecule has 9 heteroatoms. The Morgan fingerprint density at radius 1 is 0.538 bits per heavy atom. The van der Waals surface area contributed by atoms with E-state index >= 15 is 0 Å². The fraction of sp³-hybridized carbons (Fsp3) is 0.533. The maximum atomic E-state index is 9.75. The molecule has 5 fully saturated rings. The van der Waals surface area contributed by atoms with Crippen molar-refractivity contribution in [3.8, 4) is 0 Å². The Morgan fingerprint density at radius 2 is 0.744 bits per heavy atom. The molecule has 2 aliphatic heterocycles. The minimum absolute atomic E-state index is 0.